The van der Waals surface area contributed by atoms with Crippen molar-refractivity contribution in [2.45, 2.75) is 56.4 Å². The zero-order valence-corrected chi connectivity index (χ0v) is 23.3. The van der Waals surface area contributed by atoms with Gasteiger partial charge in [-0.2, -0.15) is 5.26 Å². The van der Waals surface area contributed by atoms with Crippen LogP contribution in [0.5, 0.6) is 0 Å². The molecule has 3 fully saturated rings. The lowest BCUT2D eigenvalue weighted by Gasteiger charge is -2.32. The van der Waals surface area contributed by atoms with Crippen molar-refractivity contribution in [2.24, 2.45) is 5.92 Å². The molecule has 0 bridgehead atoms. The zero-order valence-electron chi connectivity index (χ0n) is 22.5. The van der Waals surface area contributed by atoms with Gasteiger partial charge in [0.25, 0.3) is 0 Å². The van der Waals surface area contributed by atoms with E-state index in [9.17, 15) is 18.5 Å². The molecule has 208 valence electrons. The molecule has 40 heavy (non-hydrogen) atoms. The Balaban J connectivity index is 1.40. The summed E-state index contributed by atoms with van der Waals surface area (Å²) in [6.07, 6.45) is 5.39. The molecule has 9 heteroatoms. The summed E-state index contributed by atoms with van der Waals surface area (Å²) in [5.74, 6) is 1.01. The number of hydrogen-bond donors (Lipinski definition) is 1. The normalized spacial score (nSPS) is 23.2. The van der Waals surface area contributed by atoms with Gasteiger partial charge >= 0.3 is 0 Å². The van der Waals surface area contributed by atoms with Crippen LogP contribution in [0, 0.1) is 17.2 Å². The molecule has 0 unspecified atom stereocenters. The number of carbonyl (C=O) groups excluding carboxylic acids is 1. The molecule has 2 heterocycles. The van der Waals surface area contributed by atoms with Crippen LogP contribution in [0.15, 0.2) is 59.0 Å². The van der Waals surface area contributed by atoms with Crippen molar-refractivity contribution in [1.29, 1.82) is 5.26 Å². The number of hydrogen-bond acceptors (Lipinski definition) is 7. The quantitative estimate of drug-likeness (QED) is 0.450. The van der Waals surface area contributed by atoms with E-state index >= 15 is 0 Å². The van der Waals surface area contributed by atoms with Crippen LogP contribution in [0.2, 0.25) is 0 Å². The van der Waals surface area contributed by atoms with E-state index in [0.29, 0.717) is 44.0 Å². The van der Waals surface area contributed by atoms with Crippen LogP contribution in [0.1, 0.15) is 61.7 Å². The second-order valence-electron chi connectivity index (χ2n) is 11.3. The van der Waals surface area contributed by atoms with Gasteiger partial charge in [-0.1, -0.05) is 61.4 Å². The number of nitriles is 1. The number of rotatable bonds is 7. The first-order chi connectivity index (χ1) is 19.4. The molecule has 3 aliphatic rings. The van der Waals surface area contributed by atoms with Gasteiger partial charge in [-0.25, -0.2) is 13.4 Å². The van der Waals surface area contributed by atoms with E-state index < -0.39 is 15.4 Å². The Hall–Kier alpha value is -3.64. The standard InChI is InChI=1S/C31H34N4O4S/c32-21-31(14-15-31)34-30(36)24-11-5-4-10-23(24)29-28(33-27(39-29)20-22-8-2-1-3-9-22)25-12-6-7-13-26(25)35-16-18-40(37,38)19-17-35/h1-3,6-9,12-13,23-24H,4-5,10-11,14-20H2,(H,34,36)/t23-,24-/m1/s1. The molecule has 2 saturated carbocycles. The average Bonchev–Trinajstić information content (AvgIpc) is 3.63. The van der Waals surface area contributed by atoms with Crippen LogP contribution >= 0.6 is 0 Å². The monoisotopic (exact) mass is 558 g/mol. The summed E-state index contributed by atoms with van der Waals surface area (Å²) in [5.41, 5.74) is 2.90. The van der Waals surface area contributed by atoms with Crippen LogP contribution in [-0.2, 0) is 21.1 Å². The Kier molecular flexibility index (Phi) is 7.13. The van der Waals surface area contributed by atoms with Crippen molar-refractivity contribution in [3.05, 3.63) is 71.8 Å². The summed E-state index contributed by atoms with van der Waals surface area (Å²) in [6.45, 7) is 0.849. The zero-order chi connectivity index (χ0) is 27.7. The fraction of sp³-hybridized carbons (Fsp3) is 0.452. The van der Waals surface area contributed by atoms with Gasteiger partial charge in [-0.3, -0.25) is 4.79 Å². The first kappa shape index (κ1) is 26.6. The summed E-state index contributed by atoms with van der Waals surface area (Å²) < 4.78 is 30.8. The minimum Gasteiger partial charge on any atom is -0.444 e. The molecule has 6 rings (SSSR count). The number of carbonyl (C=O) groups is 1. The Bertz CT molecular complexity index is 1520. The van der Waals surface area contributed by atoms with Crippen molar-refractivity contribution in [3.63, 3.8) is 0 Å². The lowest BCUT2D eigenvalue weighted by Crippen LogP contribution is -2.42. The van der Waals surface area contributed by atoms with Crippen molar-refractivity contribution in [3.8, 4) is 17.3 Å². The number of amides is 1. The Morgan fingerprint density at radius 3 is 2.48 bits per heavy atom. The minimum absolute atomic E-state index is 0.0785. The predicted molar refractivity (Wildman–Crippen MR) is 152 cm³/mol. The number of anilines is 1. The molecule has 2 aromatic carbocycles. The number of oxazole rings is 1. The lowest BCUT2D eigenvalue weighted by atomic mass is 9.76. The number of benzene rings is 2. The molecule has 0 spiro atoms. The van der Waals surface area contributed by atoms with Crippen LogP contribution in [0.25, 0.3) is 11.3 Å². The maximum Gasteiger partial charge on any atom is 0.225 e. The van der Waals surface area contributed by atoms with Gasteiger partial charge in [0.1, 0.15) is 17.0 Å². The maximum atomic E-state index is 13.5. The number of para-hydroxylation sites is 1. The van der Waals surface area contributed by atoms with Crippen molar-refractivity contribution >= 4 is 21.4 Å². The largest absolute Gasteiger partial charge is 0.444 e. The van der Waals surface area contributed by atoms with Crippen molar-refractivity contribution < 1.29 is 17.6 Å². The first-order valence-electron chi connectivity index (χ1n) is 14.2. The van der Waals surface area contributed by atoms with E-state index in [4.69, 9.17) is 9.40 Å². The number of nitrogens with zero attached hydrogens (tertiary/aromatic N) is 3. The highest BCUT2D eigenvalue weighted by molar-refractivity contribution is 7.91. The van der Waals surface area contributed by atoms with Crippen molar-refractivity contribution in [1.82, 2.24) is 10.3 Å². The summed E-state index contributed by atoms with van der Waals surface area (Å²) in [7, 11) is -3.03. The van der Waals surface area contributed by atoms with Crippen LogP contribution < -0.4 is 10.2 Å². The SMILES string of the molecule is N#CC1(NC(=O)[C@@H]2CCCC[C@H]2c2oc(Cc3ccccc3)nc2-c2ccccc2N2CCS(=O)(=O)CC2)CC1. The maximum absolute atomic E-state index is 13.5. The van der Waals surface area contributed by atoms with Crippen LogP contribution in [0.4, 0.5) is 5.69 Å². The fourth-order valence-electron chi connectivity index (χ4n) is 6.05. The van der Waals surface area contributed by atoms with Gasteiger partial charge in [0.15, 0.2) is 15.7 Å². The van der Waals surface area contributed by atoms with Gasteiger partial charge in [-0.15, -0.1) is 0 Å². The second-order valence-corrected chi connectivity index (χ2v) is 13.6. The van der Waals surface area contributed by atoms with E-state index in [1.807, 2.05) is 54.6 Å². The van der Waals surface area contributed by atoms with E-state index in [1.54, 1.807) is 0 Å². The third-order valence-electron chi connectivity index (χ3n) is 8.51. The van der Waals surface area contributed by atoms with E-state index in [1.165, 1.54) is 0 Å². The highest BCUT2D eigenvalue weighted by atomic mass is 32.2. The minimum atomic E-state index is -3.03. The number of aromatic nitrogens is 1. The molecule has 1 amide bonds. The van der Waals surface area contributed by atoms with Gasteiger partial charge in [0.2, 0.25) is 5.91 Å². The molecule has 2 aliphatic carbocycles. The van der Waals surface area contributed by atoms with Gasteiger partial charge in [0.05, 0.1) is 17.6 Å². The topological polar surface area (TPSA) is 116 Å². The van der Waals surface area contributed by atoms with Gasteiger partial charge in [-0.05, 0) is 37.3 Å². The number of sulfone groups is 1. The molecule has 1 saturated heterocycles. The van der Waals surface area contributed by atoms with Crippen LogP contribution in [0.3, 0.4) is 0 Å². The fourth-order valence-corrected chi connectivity index (χ4v) is 7.25. The average molecular weight is 559 g/mol. The van der Waals surface area contributed by atoms with Gasteiger partial charge < -0.3 is 14.6 Å². The summed E-state index contributed by atoms with van der Waals surface area (Å²) in [4.78, 5) is 20.7. The van der Waals surface area contributed by atoms with E-state index in [0.717, 1.165) is 48.2 Å². The third-order valence-corrected chi connectivity index (χ3v) is 10.1. The van der Waals surface area contributed by atoms with E-state index in [2.05, 4.69) is 16.3 Å². The molecule has 8 nitrogen and oxygen atoms in total. The third kappa shape index (κ3) is 5.50. The molecule has 1 N–H and O–H groups in total. The summed E-state index contributed by atoms with van der Waals surface area (Å²) in [5, 5.41) is 12.6. The summed E-state index contributed by atoms with van der Waals surface area (Å²) >= 11 is 0. The summed E-state index contributed by atoms with van der Waals surface area (Å²) in [6, 6.07) is 20.3. The molecule has 0 radical (unpaired) electrons. The molecule has 3 aromatic rings. The predicted octanol–water partition coefficient (Wildman–Crippen LogP) is 4.61. The first-order valence-corrected chi connectivity index (χ1v) is 16.0. The molecule has 1 aliphatic heterocycles. The molecular formula is C31H34N4O4S. The second kappa shape index (κ2) is 10.7. The highest BCUT2D eigenvalue weighted by Crippen LogP contribution is 2.45. The molecule has 2 atom stereocenters. The molecular weight excluding hydrogens is 524 g/mol. The Morgan fingerprint density at radius 2 is 1.75 bits per heavy atom. The Labute approximate surface area is 235 Å². The smallest absolute Gasteiger partial charge is 0.225 e. The Morgan fingerprint density at radius 1 is 1.05 bits per heavy atom. The van der Waals surface area contributed by atoms with Crippen LogP contribution in [-0.4, -0.2) is 49.4 Å². The highest BCUT2D eigenvalue weighted by Gasteiger charge is 2.47. The molecule has 1 aromatic heterocycles. The van der Waals surface area contributed by atoms with Gasteiger partial charge in [0, 0.05) is 42.6 Å². The van der Waals surface area contributed by atoms with Crippen molar-refractivity contribution in [2.75, 3.05) is 29.5 Å². The van der Waals surface area contributed by atoms with E-state index in [-0.39, 0.29) is 29.2 Å². The lowest BCUT2D eigenvalue weighted by molar-refractivity contribution is -0.127. The number of nitrogens with one attached hydrogen (secondary N) is 1.